The lowest BCUT2D eigenvalue weighted by molar-refractivity contribution is 0.0371. The largest absolute Gasteiger partial charge is 0.508 e. The van der Waals surface area contributed by atoms with Crippen LogP contribution in [0.25, 0.3) is 0 Å². The van der Waals surface area contributed by atoms with E-state index in [1.54, 1.807) is 19.1 Å². The summed E-state index contributed by atoms with van der Waals surface area (Å²) in [5.41, 5.74) is 1.32. The van der Waals surface area contributed by atoms with E-state index in [0.717, 1.165) is 19.6 Å². The van der Waals surface area contributed by atoms with E-state index in [4.69, 9.17) is 0 Å². The molecule has 2 aliphatic heterocycles. The Morgan fingerprint density at radius 2 is 2.10 bits per heavy atom. The molecule has 0 radical (unpaired) electrons. The number of piperazine rings is 1. The lowest BCUT2D eigenvalue weighted by atomic mass is 9.98. The highest BCUT2D eigenvalue weighted by Crippen LogP contribution is 2.25. The number of carbonyl (C=O) groups is 1. The molecule has 1 aromatic rings. The highest BCUT2D eigenvalue weighted by molar-refractivity contribution is 5.96. The van der Waals surface area contributed by atoms with Crippen LogP contribution in [0, 0.1) is 6.92 Å². The Labute approximate surface area is 120 Å². The Bertz CT molecular complexity index is 515. The van der Waals surface area contributed by atoms with Gasteiger partial charge >= 0.3 is 0 Å². The van der Waals surface area contributed by atoms with Crippen LogP contribution in [-0.2, 0) is 0 Å². The van der Waals surface area contributed by atoms with E-state index in [1.165, 1.54) is 25.8 Å². The third-order valence-corrected chi connectivity index (χ3v) is 4.66. The molecule has 4 heteroatoms. The van der Waals surface area contributed by atoms with Crippen molar-refractivity contribution < 1.29 is 9.90 Å². The fourth-order valence-corrected chi connectivity index (χ4v) is 3.37. The maximum absolute atomic E-state index is 12.6. The van der Waals surface area contributed by atoms with E-state index in [0.29, 0.717) is 17.2 Å². The number of amides is 1. The molecule has 2 heterocycles. The number of carbonyl (C=O) groups excluding carboxylic acids is 1. The van der Waals surface area contributed by atoms with Crippen LogP contribution >= 0.6 is 0 Å². The molecule has 2 saturated heterocycles. The molecule has 3 rings (SSSR count). The van der Waals surface area contributed by atoms with Crippen molar-refractivity contribution in [1.29, 1.82) is 0 Å². The predicted molar refractivity (Wildman–Crippen MR) is 78.0 cm³/mol. The molecule has 0 spiro atoms. The van der Waals surface area contributed by atoms with Gasteiger partial charge in [-0.2, -0.15) is 0 Å². The Morgan fingerprint density at radius 1 is 1.25 bits per heavy atom. The zero-order valence-electron chi connectivity index (χ0n) is 12.0. The van der Waals surface area contributed by atoms with E-state index in [2.05, 4.69) is 4.90 Å². The van der Waals surface area contributed by atoms with Crippen molar-refractivity contribution in [2.24, 2.45) is 0 Å². The van der Waals surface area contributed by atoms with Crippen LogP contribution < -0.4 is 0 Å². The summed E-state index contributed by atoms with van der Waals surface area (Å²) in [5.74, 6) is 0.260. The molecule has 1 N–H and O–H groups in total. The van der Waals surface area contributed by atoms with E-state index in [-0.39, 0.29) is 11.7 Å². The number of hydrogen-bond acceptors (Lipinski definition) is 3. The second-order valence-corrected chi connectivity index (χ2v) is 5.89. The first-order valence-electron chi connectivity index (χ1n) is 7.48. The van der Waals surface area contributed by atoms with Crippen LogP contribution in [0.2, 0.25) is 0 Å². The second-order valence-electron chi connectivity index (χ2n) is 5.89. The van der Waals surface area contributed by atoms with Crippen molar-refractivity contribution >= 4 is 5.91 Å². The van der Waals surface area contributed by atoms with Crippen LogP contribution in [0.4, 0.5) is 0 Å². The number of piperidine rings is 1. The lowest BCUT2D eigenvalue weighted by Gasteiger charge is -2.44. The van der Waals surface area contributed by atoms with Crippen LogP contribution in [0.3, 0.4) is 0 Å². The van der Waals surface area contributed by atoms with Crippen LogP contribution in [0.1, 0.15) is 35.2 Å². The maximum Gasteiger partial charge on any atom is 0.254 e. The minimum absolute atomic E-state index is 0.0589. The molecule has 4 nitrogen and oxygen atoms in total. The van der Waals surface area contributed by atoms with Gasteiger partial charge in [-0.25, -0.2) is 0 Å². The maximum atomic E-state index is 12.6. The van der Waals surface area contributed by atoms with Gasteiger partial charge in [-0.3, -0.25) is 9.69 Å². The van der Waals surface area contributed by atoms with Gasteiger partial charge in [-0.05, 0) is 38.4 Å². The van der Waals surface area contributed by atoms with Crippen molar-refractivity contribution in [2.75, 3.05) is 26.2 Å². The Kier molecular flexibility index (Phi) is 3.66. The van der Waals surface area contributed by atoms with Gasteiger partial charge in [0, 0.05) is 36.8 Å². The van der Waals surface area contributed by atoms with Gasteiger partial charge in [0.1, 0.15) is 5.75 Å². The van der Waals surface area contributed by atoms with Crippen LogP contribution in [0.5, 0.6) is 5.75 Å². The Hall–Kier alpha value is -1.55. The van der Waals surface area contributed by atoms with Crippen molar-refractivity contribution in [3.05, 3.63) is 29.3 Å². The number of hydrogen-bond donors (Lipinski definition) is 1. The van der Waals surface area contributed by atoms with Gasteiger partial charge in [-0.15, -0.1) is 0 Å². The molecule has 108 valence electrons. The van der Waals surface area contributed by atoms with Crippen LogP contribution in [-0.4, -0.2) is 53.0 Å². The summed E-state index contributed by atoms with van der Waals surface area (Å²) in [5, 5.41) is 9.76. The summed E-state index contributed by atoms with van der Waals surface area (Å²) in [7, 11) is 0. The molecule has 2 aliphatic rings. The van der Waals surface area contributed by atoms with Gasteiger partial charge in [0.15, 0.2) is 0 Å². The molecule has 1 amide bonds. The van der Waals surface area contributed by atoms with Gasteiger partial charge in [0.2, 0.25) is 0 Å². The Balaban J connectivity index is 1.76. The number of nitrogens with zero attached hydrogens (tertiary/aromatic N) is 2. The monoisotopic (exact) mass is 274 g/mol. The summed E-state index contributed by atoms with van der Waals surface area (Å²) in [6.07, 6.45) is 3.76. The van der Waals surface area contributed by atoms with Gasteiger partial charge in [-0.1, -0.05) is 12.5 Å². The molecule has 1 atom stereocenters. The van der Waals surface area contributed by atoms with Crippen molar-refractivity contribution in [2.45, 2.75) is 32.2 Å². The average molecular weight is 274 g/mol. The predicted octanol–water partition coefficient (Wildman–Crippen LogP) is 2.01. The van der Waals surface area contributed by atoms with Crippen molar-refractivity contribution in [3.63, 3.8) is 0 Å². The van der Waals surface area contributed by atoms with Crippen LogP contribution in [0.15, 0.2) is 18.2 Å². The van der Waals surface area contributed by atoms with Crippen molar-refractivity contribution in [1.82, 2.24) is 9.80 Å². The molecule has 0 saturated carbocycles. The Morgan fingerprint density at radius 3 is 2.95 bits per heavy atom. The molecule has 0 bridgehead atoms. The number of phenolic OH excluding ortho intramolecular Hbond substituents is 1. The zero-order valence-corrected chi connectivity index (χ0v) is 12.0. The fourth-order valence-electron chi connectivity index (χ4n) is 3.37. The average Bonchev–Trinajstić information content (AvgIpc) is 2.49. The van der Waals surface area contributed by atoms with E-state index in [1.807, 2.05) is 11.0 Å². The topological polar surface area (TPSA) is 43.8 Å². The molecule has 1 unspecified atom stereocenters. The second kappa shape index (κ2) is 5.44. The van der Waals surface area contributed by atoms with E-state index >= 15 is 0 Å². The highest BCUT2D eigenvalue weighted by Gasteiger charge is 2.31. The zero-order chi connectivity index (χ0) is 14.1. The van der Waals surface area contributed by atoms with Gasteiger partial charge < -0.3 is 10.0 Å². The molecule has 0 aliphatic carbocycles. The number of fused-ring (bicyclic) bond motifs is 1. The third kappa shape index (κ3) is 2.40. The van der Waals surface area contributed by atoms with E-state index in [9.17, 15) is 9.90 Å². The molecule has 0 aromatic heterocycles. The van der Waals surface area contributed by atoms with Gasteiger partial charge in [0.05, 0.1) is 0 Å². The lowest BCUT2D eigenvalue weighted by Crippen LogP contribution is -2.56. The molecular weight excluding hydrogens is 252 g/mol. The summed E-state index contributed by atoms with van der Waals surface area (Å²) in [6.45, 7) is 5.59. The number of aromatic hydroxyl groups is 1. The quantitative estimate of drug-likeness (QED) is 0.852. The van der Waals surface area contributed by atoms with Crippen molar-refractivity contribution in [3.8, 4) is 5.75 Å². The van der Waals surface area contributed by atoms with E-state index < -0.39 is 0 Å². The normalized spacial score (nSPS) is 23.4. The third-order valence-electron chi connectivity index (χ3n) is 4.66. The number of rotatable bonds is 1. The minimum atomic E-state index is 0.0589. The smallest absolute Gasteiger partial charge is 0.254 e. The standard InChI is InChI=1S/C16H22N2O2/c1-12-14(6-4-7-15(12)19)16(20)18-10-9-17-8-3-2-5-13(17)11-18/h4,6-7,13,19H,2-3,5,8-11H2,1H3. The summed E-state index contributed by atoms with van der Waals surface area (Å²) in [4.78, 5) is 17.1. The number of benzene rings is 1. The molecular formula is C16H22N2O2. The molecule has 2 fully saturated rings. The summed E-state index contributed by atoms with van der Waals surface area (Å²) < 4.78 is 0. The molecule has 1 aromatic carbocycles. The first kappa shape index (κ1) is 13.4. The van der Waals surface area contributed by atoms with Gasteiger partial charge in [0.25, 0.3) is 5.91 Å². The fraction of sp³-hybridized carbons (Fsp3) is 0.562. The highest BCUT2D eigenvalue weighted by atomic mass is 16.3. The first-order valence-corrected chi connectivity index (χ1v) is 7.48. The summed E-state index contributed by atoms with van der Waals surface area (Å²) >= 11 is 0. The first-order chi connectivity index (χ1) is 9.66. The number of phenols is 1. The summed E-state index contributed by atoms with van der Waals surface area (Å²) in [6, 6.07) is 5.71. The molecule has 20 heavy (non-hydrogen) atoms. The minimum Gasteiger partial charge on any atom is -0.508 e. The SMILES string of the molecule is Cc1c(O)cccc1C(=O)N1CCN2CCCCC2C1.